The average Bonchev–Trinajstić information content (AvgIpc) is 3.59. The fourth-order valence-corrected chi connectivity index (χ4v) is 5.07. The van der Waals surface area contributed by atoms with Crippen LogP contribution < -0.4 is 4.74 Å². The molecule has 0 spiro atoms. The van der Waals surface area contributed by atoms with Crippen molar-refractivity contribution >= 4 is 5.97 Å². The first kappa shape index (κ1) is 22.7. The molecule has 2 atom stereocenters. The van der Waals surface area contributed by atoms with E-state index in [1.807, 2.05) is 0 Å². The number of hydrogen-bond acceptors (Lipinski definition) is 2. The Bertz CT molecular complexity index is 963. The Morgan fingerprint density at radius 3 is 2.47 bits per heavy atom. The minimum Gasteiger partial charge on any atom is -0.493 e. The minimum absolute atomic E-state index is 0.0165. The summed E-state index contributed by atoms with van der Waals surface area (Å²) in [6, 6.07) is 10.7. The van der Waals surface area contributed by atoms with E-state index in [9.17, 15) is 18.7 Å². The Labute approximate surface area is 186 Å². The molecule has 3 nitrogen and oxygen atoms in total. The molecule has 0 heterocycles. The fourth-order valence-electron chi connectivity index (χ4n) is 5.07. The van der Waals surface area contributed by atoms with Gasteiger partial charge in [-0.3, -0.25) is 0 Å². The molecule has 2 aromatic carbocycles. The van der Waals surface area contributed by atoms with Crippen LogP contribution >= 0.6 is 0 Å². The van der Waals surface area contributed by atoms with Gasteiger partial charge in [0, 0.05) is 5.92 Å². The molecule has 1 N–H and O–H groups in total. The van der Waals surface area contributed by atoms with Crippen LogP contribution in [-0.4, -0.2) is 23.4 Å². The first-order chi connectivity index (χ1) is 15.3. The van der Waals surface area contributed by atoms with Crippen LogP contribution in [0.3, 0.4) is 0 Å². The maximum atomic E-state index is 15.0. The molecule has 0 aromatic heterocycles. The lowest BCUT2D eigenvalue weighted by molar-refractivity contribution is -0.151. The van der Waals surface area contributed by atoms with E-state index in [0.717, 1.165) is 51.5 Å². The summed E-state index contributed by atoms with van der Waals surface area (Å²) in [6.07, 6.45) is 4.92. The van der Waals surface area contributed by atoms with Gasteiger partial charge in [0.15, 0.2) is 0 Å². The smallest absolute Gasteiger partial charge is 0.341 e. The van der Waals surface area contributed by atoms with Crippen LogP contribution in [0.15, 0.2) is 42.5 Å². The number of benzene rings is 2. The molecule has 2 saturated carbocycles. The van der Waals surface area contributed by atoms with Crippen LogP contribution in [0, 0.1) is 23.5 Å². The molecule has 4 rings (SSSR count). The topological polar surface area (TPSA) is 46.5 Å². The second kappa shape index (κ2) is 9.16. The van der Waals surface area contributed by atoms with Crippen molar-refractivity contribution in [3.05, 3.63) is 65.2 Å². The quantitative estimate of drug-likeness (QED) is 0.495. The number of carbonyl (C=O) groups is 1. The van der Waals surface area contributed by atoms with E-state index in [4.69, 9.17) is 4.74 Å². The molecular weight excluding hydrogens is 417 g/mol. The minimum atomic E-state index is -2.33. The maximum Gasteiger partial charge on any atom is 0.341 e. The van der Waals surface area contributed by atoms with Crippen molar-refractivity contribution in [2.75, 3.05) is 6.61 Å². The van der Waals surface area contributed by atoms with E-state index >= 15 is 4.39 Å². The molecule has 0 aliphatic heterocycles. The van der Waals surface area contributed by atoms with Gasteiger partial charge < -0.3 is 9.84 Å². The number of rotatable bonds is 8. The van der Waals surface area contributed by atoms with Gasteiger partial charge in [0.2, 0.25) is 5.67 Å². The van der Waals surface area contributed by atoms with Crippen LogP contribution in [0.4, 0.5) is 13.2 Å². The van der Waals surface area contributed by atoms with Gasteiger partial charge in [0.05, 0.1) is 6.61 Å². The fraction of sp³-hybridized carbons (Fsp3) is 0.500. The third-order valence-electron chi connectivity index (χ3n) is 7.04. The second-order valence-corrected chi connectivity index (χ2v) is 9.46. The molecule has 32 heavy (non-hydrogen) atoms. The number of carboxylic acid groups (broad SMARTS) is 1. The van der Waals surface area contributed by atoms with Crippen molar-refractivity contribution in [2.45, 2.75) is 63.0 Å². The van der Waals surface area contributed by atoms with E-state index < -0.39 is 23.4 Å². The Morgan fingerprint density at radius 2 is 1.81 bits per heavy atom. The molecule has 0 unspecified atom stereocenters. The zero-order valence-corrected chi connectivity index (χ0v) is 18.2. The highest BCUT2D eigenvalue weighted by Crippen LogP contribution is 2.50. The van der Waals surface area contributed by atoms with Crippen molar-refractivity contribution in [1.82, 2.24) is 0 Å². The molecule has 0 amide bonds. The number of alkyl halides is 1. The summed E-state index contributed by atoms with van der Waals surface area (Å²) < 4.78 is 48.6. The predicted molar refractivity (Wildman–Crippen MR) is 116 cm³/mol. The monoisotopic (exact) mass is 446 g/mol. The third-order valence-corrected chi connectivity index (χ3v) is 7.04. The largest absolute Gasteiger partial charge is 0.493 e. The van der Waals surface area contributed by atoms with Gasteiger partial charge >= 0.3 is 5.97 Å². The Morgan fingerprint density at radius 1 is 1.09 bits per heavy atom. The first-order valence-corrected chi connectivity index (χ1v) is 11.4. The van der Waals surface area contributed by atoms with Crippen molar-refractivity contribution in [2.24, 2.45) is 11.8 Å². The summed E-state index contributed by atoms with van der Waals surface area (Å²) in [7, 11) is 0. The predicted octanol–water partition coefficient (Wildman–Crippen LogP) is 6.62. The zero-order valence-electron chi connectivity index (χ0n) is 18.2. The lowest BCUT2D eigenvalue weighted by atomic mass is 9.79. The summed E-state index contributed by atoms with van der Waals surface area (Å²) in [5.74, 6) is -1.94. The van der Waals surface area contributed by atoms with Crippen LogP contribution in [0.2, 0.25) is 0 Å². The molecule has 0 bridgehead atoms. The van der Waals surface area contributed by atoms with Crippen molar-refractivity contribution in [1.29, 1.82) is 0 Å². The third kappa shape index (κ3) is 4.94. The van der Waals surface area contributed by atoms with Gasteiger partial charge in [-0.15, -0.1) is 0 Å². The number of ether oxygens (including phenoxy) is 1. The van der Waals surface area contributed by atoms with Crippen LogP contribution in [0.1, 0.15) is 68.4 Å². The summed E-state index contributed by atoms with van der Waals surface area (Å²) in [4.78, 5) is 11.5. The highest BCUT2D eigenvalue weighted by Gasteiger charge is 2.50. The summed E-state index contributed by atoms with van der Waals surface area (Å²) >= 11 is 0. The summed E-state index contributed by atoms with van der Waals surface area (Å²) in [5, 5.41) is 9.38. The lowest BCUT2D eigenvalue weighted by Crippen LogP contribution is -2.38. The molecular formula is C26H29F3O3. The molecule has 172 valence electrons. The second-order valence-electron chi connectivity index (χ2n) is 9.46. The number of carboxylic acids is 1. The van der Waals surface area contributed by atoms with Crippen molar-refractivity contribution < 1.29 is 27.8 Å². The SMILES string of the molecule is C[C@](F)(C(=O)O)[C@H](c1cccc(OCC2CCC(c3cc(F)ccc3F)CC2)c1)C1CC1. The summed E-state index contributed by atoms with van der Waals surface area (Å²) in [6.45, 7) is 1.63. The maximum absolute atomic E-state index is 15.0. The van der Waals surface area contributed by atoms with E-state index in [2.05, 4.69) is 0 Å². The molecule has 6 heteroatoms. The molecule has 2 aliphatic rings. The summed E-state index contributed by atoms with van der Waals surface area (Å²) in [5.41, 5.74) is -1.22. The van der Waals surface area contributed by atoms with Gasteiger partial charge in [-0.05, 0) is 105 Å². The molecule has 0 radical (unpaired) electrons. The molecule has 2 aliphatic carbocycles. The normalized spacial score (nSPS) is 23.9. The molecule has 0 saturated heterocycles. The Balaban J connectivity index is 1.36. The van der Waals surface area contributed by atoms with E-state index in [1.54, 1.807) is 24.3 Å². The Kier molecular flexibility index (Phi) is 6.50. The van der Waals surface area contributed by atoms with E-state index in [-0.39, 0.29) is 17.7 Å². The highest BCUT2D eigenvalue weighted by atomic mass is 19.1. The van der Waals surface area contributed by atoms with Crippen LogP contribution in [0.5, 0.6) is 5.75 Å². The molecule has 2 aromatic rings. The Hall–Kier alpha value is -2.50. The van der Waals surface area contributed by atoms with Crippen molar-refractivity contribution in [3.8, 4) is 5.75 Å². The first-order valence-electron chi connectivity index (χ1n) is 11.4. The number of aliphatic carboxylic acids is 1. The van der Waals surface area contributed by atoms with Gasteiger partial charge in [-0.1, -0.05) is 12.1 Å². The van der Waals surface area contributed by atoms with Crippen LogP contribution in [0.25, 0.3) is 0 Å². The number of halogens is 3. The standard InChI is InChI=1S/C26H29F3O3/c1-26(29,25(30)31)24(18-9-10-18)19-3-2-4-21(13-19)32-15-16-5-7-17(8-6-16)22-14-20(27)11-12-23(22)28/h2-4,11-14,16-18,24H,5-10,15H2,1H3,(H,30,31)/t16?,17?,24-,26+/m0/s1. The number of hydrogen-bond donors (Lipinski definition) is 1. The van der Waals surface area contributed by atoms with Gasteiger partial charge in [0.1, 0.15) is 17.4 Å². The van der Waals surface area contributed by atoms with E-state index in [1.165, 1.54) is 12.1 Å². The van der Waals surface area contributed by atoms with Gasteiger partial charge in [-0.25, -0.2) is 18.0 Å². The molecule has 2 fully saturated rings. The van der Waals surface area contributed by atoms with Crippen molar-refractivity contribution in [3.63, 3.8) is 0 Å². The van der Waals surface area contributed by atoms with Gasteiger partial charge in [-0.2, -0.15) is 0 Å². The van der Waals surface area contributed by atoms with E-state index in [0.29, 0.717) is 29.4 Å². The van der Waals surface area contributed by atoms with Crippen LogP contribution in [-0.2, 0) is 4.79 Å². The average molecular weight is 447 g/mol. The van der Waals surface area contributed by atoms with Gasteiger partial charge in [0.25, 0.3) is 0 Å². The highest BCUT2D eigenvalue weighted by molar-refractivity contribution is 5.78. The zero-order chi connectivity index (χ0) is 22.9. The lowest BCUT2D eigenvalue weighted by Gasteiger charge is -2.29.